The molecule has 0 bridgehead atoms. The van der Waals surface area contributed by atoms with Gasteiger partial charge < -0.3 is 5.32 Å². The minimum atomic E-state index is 0.411. The predicted molar refractivity (Wildman–Crippen MR) is 120 cm³/mol. The summed E-state index contributed by atoms with van der Waals surface area (Å²) in [7, 11) is 2.07. The van der Waals surface area contributed by atoms with Crippen LogP contribution in [0.25, 0.3) is 0 Å². The summed E-state index contributed by atoms with van der Waals surface area (Å²) < 4.78 is 0. The highest BCUT2D eigenvalue weighted by Crippen LogP contribution is 2.13. The fourth-order valence-electron chi connectivity index (χ4n) is 4.02. The van der Waals surface area contributed by atoms with Gasteiger partial charge in [0, 0.05) is 45.1 Å². The van der Waals surface area contributed by atoms with Crippen LogP contribution in [0.2, 0.25) is 0 Å². The maximum atomic E-state index is 11.0. The molecule has 2 aromatic carbocycles. The molecule has 2 aliphatic rings. The van der Waals surface area contributed by atoms with E-state index in [2.05, 4.69) is 76.8 Å². The Balaban J connectivity index is 0.000000166. The van der Waals surface area contributed by atoms with E-state index in [0.717, 1.165) is 45.1 Å². The van der Waals surface area contributed by atoms with Gasteiger partial charge in [0.2, 0.25) is 0 Å². The summed E-state index contributed by atoms with van der Waals surface area (Å²) in [5, 5.41) is 3.36. The summed E-state index contributed by atoms with van der Waals surface area (Å²) in [6, 6.07) is 21.9. The van der Waals surface area contributed by atoms with Gasteiger partial charge in [-0.05, 0) is 44.1 Å². The Morgan fingerprint density at radius 3 is 1.66 bits per heavy atom. The first-order chi connectivity index (χ1) is 14.2. The van der Waals surface area contributed by atoms with E-state index in [1.807, 2.05) is 6.07 Å². The molecule has 4 rings (SSSR count). The Morgan fingerprint density at radius 1 is 0.759 bits per heavy atom. The van der Waals surface area contributed by atoms with Crippen LogP contribution in [0.1, 0.15) is 36.8 Å². The Labute approximate surface area is 175 Å². The van der Waals surface area contributed by atoms with Crippen LogP contribution in [-0.2, 0) is 17.9 Å². The van der Waals surface area contributed by atoms with Crippen LogP contribution in [0.5, 0.6) is 0 Å². The third-order valence-electron chi connectivity index (χ3n) is 5.91. The lowest BCUT2D eigenvalue weighted by Crippen LogP contribution is -2.40. The van der Waals surface area contributed by atoms with Gasteiger partial charge in [-0.15, -0.1) is 0 Å². The van der Waals surface area contributed by atoms with E-state index in [0.29, 0.717) is 5.78 Å². The van der Waals surface area contributed by atoms with Crippen molar-refractivity contribution in [1.29, 1.82) is 0 Å². The zero-order chi connectivity index (χ0) is 20.3. The molecule has 29 heavy (non-hydrogen) atoms. The van der Waals surface area contributed by atoms with E-state index in [1.165, 1.54) is 37.1 Å². The van der Waals surface area contributed by atoms with Crippen molar-refractivity contribution in [3.8, 4) is 0 Å². The number of hydrogen-bond donors (Lipinski definition) is 1. The zero-order valence-electron chi connectivity index (χ0n) is 17.7. The van der Waals surface area contributed by atoms with Gasteiger partial charge in [-0.3, -0.25) is 14.6 Å². The fraction of sp³-hybridized carbons (Fsp3) is 0.480. The number of hydrogen-bond acceptors (Lipinski definition) is 4. The molecule has 2 heterocycles. The Bertz CT molecular complexity index is 701. The third kappa shape index (κ3) is 7.73. The first kappa shape index (κ1) is 21.7. The molecule has 0 unspecified atom stereocenters. The second-order valence-corrected chi connectivity index (χ2v) is 8.13. The lowest BCUT2D eigenvalue weighted by atomic mass is 10.0. The van der Waals surface area contributed by atoms with Crippen LogP contribution in [0.4, 0.5) is 0 Å². The van der Waals surface area contributed by atoms with Crippen LogP contribution in [0, 0.1) is 0 Å². The molecule has 0 radical (unpaired) electrons. The topological polar surface area (TPSA) is 35.6 Å². The van der Waals surface area contributed by atoms with E-state index in [-0.39, 0.29) is 0 Å². The average molecular weight is 394 g/mol. The lowest BCUT2D eigenvalue weighted by Gasteiger charge is -2.31. The third-order valence-corrected chi connectivity index (χ3v) is 5.91. The minimum absolute atomic E-state index is 0.411. The van der Waals surface area contributed by atoms with Gasteiger partial charge in [0.15, 0.2) is 0 Å². The van der Waals surface area contributed by atoms with Crippen molar-refractivity contribution in [2.45, 2.75) is 44.8 Å². The number of Topliss-reactive ketones (excluding diaryl/α,β-unsaturated/α-hetero) is 1. The van der Waals surface area contributed by atoms with Gasteiger partial charge in [-0.2, -0.15) is 0 Å². The molecule has 2 aromatic rings. The van der Waals surface area contributed by atoms with Crippen LogP contribution < -0.4 is 5.32 Å². The van der Waals surface area contributed by atoms with Crippen molar-refractivity contribution in [3.05, 3.63) is 71.8 Å². The number of ketones is 1. The van der Waals surface area contributed by atoms with Crippen molar-refractivity contribution in [2.24, 2.45) is 0 Å². The summed E-state index contributed by atoms with van der Waals surface area (Å²) >= 11 is 0. The zero-order valence-corrected chi connectivity index (χ0v) is 17.7. The Kier molecular flexibility index (Phi) is 8.87. The van der Waals surface area contributed by atoms with Gasteiger partial charge in [0.05, 0.1) is 0 Å². The quantitative estimate of drug-likeness (QED) is 0.840. The molecule has 1 N–H and O–H groups in total. The SMILES string of the molecule is CNC1CCN(Cc2ccccc2)CC1.O=C1CCN(Cc2ccccc2)CC1. The molecule has 0 atom stereocenters. The van der Waals surface area contributed by atoms with Gasteiger partial charge in [-0.25, -0.2) is 0 Å². The molecule has 0 saturated carbocycles. The van der Waals surface area contributed by atoms with Crippen LogP contribution in [-0.4, -0.2) is 54.9 Å². The second-order valence-electron chi connectivity index (χ2n) is 8.13. The van der Waals surface area contributed by atoms with E-state index in [4.69, 9.17) is 0 Å². The van der Waals surface area contributed by atoms with Crippen LogP contribution in [0.15, 0.2) is 60.7 Å². The summed E-state index contributed by atoms with van der Waals surface area (Å²) in [4.78, 5) is 15.9. The second kappa shape index (κ2) is 11.9. The van der Waals surface area contributed by atoms with E-state index >= 15 is 0 Å². The molecule has 4 heteroatoms. The molecule has 156 valence electrons. The molecular weight excluding hydrogens is 358 g/mol. The summed E-state index contributed by atoms with van der Waals surface area (Å²) in [5.41, 5.74) is 2.77. The minimum Gasteiger partial charge on any atom is -0.317 e. The summed E-state index contributed by atoms with van der Waals surface area (Å²) in [6.07, 6.45) is 4.02. The normalized spacial score (nSPS) is 18.9. The summed E-state index contributed by atoms with van der Waals surface area (Å²) in [6.45, 7) is 6.38. The van der Waals surface area contributed by atoms with Crippen LogP contribution >= 0.6 is 0 Å². The maximum Gasteiger partial charge on any atom is 0.135 e. The number of likely N-dealkylation sites (tertiary alicyclic amines) is 2. The largest absolute Gasteiger partial charge is 0.317 e. The number of carbonyl (C=O) groups excluding carboxylic acids is 1. The van der Waals surface area contributed by atoms with Gasteiger partial charge in [-0.1, -0.05) is 60.7 Å². The van der Waals surface area contributed by atoms with Gasteiger partial charge in [0.1, 0.15) is 5.78 Å². The van der Waals surface area contributed by atoms with Gasteiger partial charge >= 0.3 is 0 Å². The smallest absolute Gasteiger partial charge is 0.135 e. The van der Waals surface area contributed by atoms with Gasteiger partial charge in [0.25, 0.3) is 0 Å². The first-order valence-electron chi connectivity index (χ1n) is 10.9. The number of piperidine rings is 2. The molecule has 2 aliphatic heterocycles. The molecule has 0 amide bonds. The molecule has 0 aromatic heterocycles. The number of nitrogens with one attached hydrogen (secondary N) is 1. The molecule has 2 fully saturated rings. The Morgan fingerprint density at radius 2 is 1.21 bits per heavy atom. The van der Waals surface area contributed by atoms with E-state index in [1.54, 1.807) is 0 Å². The maximum absolute atomic E-state index is 11.0. The predicted octanol–water partition coefficient (Wildman–Crippen LogP) is 3.72. The highest BCUT2D eigenvalue weighted by Gasteiger charge is 2.17. The highest BCUT2D eigenvalue weighted by molar-refractivity contribution is 5.79. The molecule has 0 aliphatic carbocycles. The number of carbonyl (C=O) groups is 1. The molecular formula is C25H35N3O. The van der Waals surface area contributed by atoms with Crippen molar-refractivity contribution in [1.82, 2.24) is 15.1 Å². The number of nitrogens with zero attached hydrogens (tertiary/aromatic N) is 2. The van der Waals surface area contributed by atoms with E-state index in [9.17, 15) is 4.79 Å². The average Bonchev–Trinajstić information content (AvgIpc) is 2.78. The van der Waals surface area contributed by atoms with Crippen molar-refractivity contribution < 1.29 is 4.79 Å². The highest BCUT2D eigenvalue weighted by atomic mass is 16.1. The van der Waals surface area contributed by atoms with Crippen molar-refractivity contribution >= 4 is 5.78 Å². The molecule has 4 nitrogen and oxygen atoms in total. The molecule has 0 spiro atoms. The number of benzene rings is 2. The fourth-order valence-corrected chi connectivity index (χ4v) is 4.02. The van der Waals surface area contributed by atoms with Crippen molar-refractivity contribution in [2.75, 3.05) is 33.2 Å². The summed E-state index contributed by atoms with van der Waals surface area (Å²) in [5.74, 6) is 0.411. The number of rotatable bonds is 5. The first-order valence-corrected chi connectivity index (χ1v) is 10.9. The Hall–Kier alpha value is -2.01. The van der Waals surface area contributed by atoms with Crippen molar-refractivity contribution in [3.63, 3.8) is 0 Å². The van der Waals surface area contributed by atoms with E-state index < -0.39 is 0 Å². The standard InChI is InChI=1S/C13H20N2.C12H15NO/c1-14-13-7-9-15(10-8-13)11-12-5-3-2-4-6-12;14-12-6-8-13(9-7-12)10-11-4-2-1-3-5-11/h2-6,13-14H,7-11H2,1H3;1-5H,6-10H2. The molecule has 2 saturated heterocycles. The van der Waals surface area contributed by atoms with Crippen LogP contribution in [0.3, 0.4) is 0 Å². The lowest BCUT2D eigenvalue weighted by molar-refractivity contribution is -0.121. The monoisotopic (exact) mass is 393 g/mol.